The maximum absolute atomic E-state index is 10.1. The standard InChI is InChI=1S/C6H13NO2.2C3H7NO2/c1-4(2)3-5(7)6(8)9;2*1-2(4)3(5)6/h4-5H,3,7H2,1-2H3,(H,8,9);2*2H,4H2,1H3,(H,5,6). The largest absolute Gasteiger partial charge is 0.480 e. The van der Waals surface area contributed by atoms with E-state index in [-0.39, 0.29) is 0 Å². The molecule has 0 aliphatic rings. The normalized spacial score (nSPS) is 13.7. The highest BCUT2D eigenvalue weighted by Gasteiger charge is 2.11. The first-order chi connectivity index (χ1) is 9.32. The van der Waals surface area contributed by atoms with Crippen LogP contribution in [0, 0.1) is 5.92 Å². The molecule has 126 valence electrons. The molecule has 3 unspecified atom stereocenters. The van der Waals surface area contributed by atoms with Crippen LogP contribution in [0.25, 0.3) is 0 Å². The number of hydrogen-bond donors (Lipinski definition) is 6. The molecule has 0 saturated heterocycles. The molecule has 0 aliphatic carbocycles. The summed E-state index contributed by atoms with van der Waals surface area (Å²) in [5, 5.41) is 24.0. The van der Waals surface area contributed by atoms with Crippen molar-refractivity contribution in [1.29, 1.82) is 0 Å². The number of carbonyl (C=O) groups is 3. The molecule has 0 saturated carbocycles. The fourth-order valence-corrected chi connectivity index (χ4v) is 0.609. The minimum atomic E-state index is -0.963. The van der Waals surface area contributed by atoms with E-state index in [9.17, 15) is 14.4 Å². The van der Waals surface area contributed by atoms with Gasteiger partial charge in [0.2, 0.25) is 0 Å². The predicted molar refractivity (Wildman–Crippen MR) is 77.6 cm³/mol. The molecule has 9 N–H and O–H groups in total. The smallest absolute Gasteiger partial charge is 0.320 e. The minimum absolute atomic E-state index is 0.357. The molecule has 21 heavy (non-hydrogen) atoms. The third kappa shape index (κ3) is 23.8. The fourth-order valence-electron chi connectivity index (χ4n) is 0.609. The molecule has 0 aromatic rings. The first-order valence-corrected chi connectivity index (χ1v) is 6.28. The SMILES string of the molecule is CC(C)CC(N)C(=O)O.CC(N)C(=O)O.CC(N)C(=O)O. The molecule has 3 atom stereocenters. The monoisotopic (exact) mass is 309 g/mol. The zero-order valence-electron chi connectivity index (χ0n) is 12.8. The van der Waals surface area contributed by atoms with Gasteiger partial charge in [-0.2, -0.15) is 0 Å². The van der Waals surface area contributed by atoms with E-state index in [4.69, 9.17) is 32.5 Å². The number of hydrogen-bond acceptors (Lipinski definition) is 6. The van der Waals surface area contributed by atoms with Gasteiger partial charge in [-0.25, -0.2) is 0 Å². The lowest BCUT2D eigenvalue weighted by Gasteiger charge is -2.07. The van der Waals surface area contributed by atoms with Crippen LogP contribution >= 0.6 is 0 Å². The van der Waals surface area contributed by atoms with Gasteiger partial charge in [0.25, 0.3) is 0 Å². The highest BCUT2D eigenvalue weighted by molar-refractivity contribution is 5.73. The van der Waals surface area contributed by atoms with Crippen LogP contribution in [-0.4, -0.2) is 51.4 Å². The first-order valence-electron chi connectivity index (χ1n) is 6.28. The Morgan fingerprint density at radius 3 is 1.05 bits per heavy atom. The second-order valence-electron chi connectivity index (χ2n) is 4.83. The summed E-state index contributed by atoms with van der Waals surface area (Å²) in [6, 6.07) is -2.15. The second kappa shape index (κ2) is 13.3. The van der Waals surface area contributed by atoms with Gasteiger partial charge in [0.05, 0.1) is 0 Å². The summed E-state index contributed by atoms with van der Waals surface area (Å²) in [4.78, 5) is 29.3. The van der Waals surface area contributed by atoms with Crippen LogP contribution in [0.3, 0.4) is 0 Å². The van der Waals surface area contributed by atoms with Crippen LogP contribution in [0.15, 0.2) is 0 Å². The number of carboxylic acids is 3. The third-order valence-corrected chi connectivity index (χ3v) is 1.82. The van der Waals surface area contributed by atoms with E-state index in [1.807, 2.05) is 13.8 Å². The molecule has 0 rings (SSSR count). The van der Waals surface area contributed by atoms with Crippen LogP contribution in [0.4, 0.5) is 0 Å². The van der Waals surface area contributed by atoms with Crippen LogP contribution < -0.4 is 17.2 Å². The average molecular weight is 309 g/mol. The van der Waals surface area contributed by atoms with Crippen LogP contribution in [0.5, 0.6) is 0 Å². The second-order valence-corrected chi connectivity index (χ2v) is 4.83. The van der Waals surface area contributed by atoms with Gasteiger partial charge in [0.15, 0.2) is 0 Å². The van der Waals surface area contributed by atoms with Crippen molar-refractivity contribution < 1.29 is 29.7 Å². The van der Waals surface area contributed by atoms with Crippen molar-refractivity contribution in [3.63, 3.8) is 0 Å². The summed E-state index contributed by atoms with van der Waals surface area (Å²) in [6.07, 6.45) is 0.551. The Bertz CT molecular complexity index is 300. The molecule has 0 aromatic heterocycles. The van der Waals surface area contributed by atoms with Gasteiger partial charge in [0, 0.05) is 0 Å². The Hall–Kier alpha value is -1.71. The number of aliphatic carboxylic acids is 3. The number of nitrogens with two attached hydrogens (primary N) is 3. The summed E-state index contributed by atoms with van der Waals surface area (Å²) in [7, 11) is 0. The van der Waals surface area contributed by atoms with E-state index in [0.29, 0.717) is 12.3 Å². The molecule has 0 bridgehead atoms. The van der Waals surface area contributed by atoms with Crippen molar-refractivity contribution in [2.75, 3.05) is 0 Å². The van der Waals surface area contributed by atoms with Crippen molar-refractivity contribution in [1.82, 2.24) is 0 Å². The molecule has 9 nitrogen and oxygen atoms in total. The minimum Gasteiger partial charge on any atom is -0.480 e. The summed E-state index contributed by atoms with van der Waals surface area (Å²) in [6.45, 7) is 6.73. The molecule has 0 heterocycles. The summed E-state index contributed by atoms with van der Waals surface area (Å²) in [5.74, 6) is -2.48. The summed E-state index contributed by atoms with van der Waals surface area (Å²) < 4.78 is 0. The lowest BCUT2D eigenvalue weighted by molar-refractivity contribution is -0.139. The van der Waals surface area contributed by atoms with Gasteiger partial charge in [-0.05, 0) is 26.2 Å². The van der Waals surface area contributed by atoms with E-state index >= 15 is 0 Å². The Labute approximate surface area is 124 Å². The molecule has 0 amide bonds. The molecular formula is C12H27N3O6. The zero-order valence-corrected chi connectivity index (χ0v) is 12.8. The van der Waals surface area contributed by atoms with E-state index in [1.165, 1.54) is 13.8 Å². The van der Waals surface area contributed by atoms with Gasteiger partial charge in [0.1, 0.15) is 18.1 Å². The highest BCUT2D eigenvalue weighted by atomic mass is 16.4. The number of rotatable bonds is 5. The highest BCUT2D eigenvalue weighted by Crippen LogP contribution is 2.01. The first kappa shape index (κ1) is 24.3. The van der Waals surface area contributed by atoms with Crippen molar-refractivity contribution in [3.8, 4) is 0 Å². The Morgan fingerprint density at radius 2 is 1.00 bits per heavy atom. The summed E-state index contributed by atoms with van der Waals surface area (Å²) in [5.41, 5.74) is 14.9. The molecule has 0 fully saturated rings. The zero-order chi connectivity index (χ0) is 17.7. The molecule has 0 radical (unpaired) electrons. The van der Waals surface area contributed by atoms with Crippen LogP contribution in [0.2, 0.25) is 0 Å². The lowest BCUT2D eigenvalue weighted by atomic mass is 10.1. The molecule has 0 aromatic carbocycles. The van der Waals surface area contributed by atoms with Gasteiger partial charge >= 0.3 is 17.9 Å². The predicted octanol–water partition coefficient (Wildman–Crippen LogP) is -0.719. The molecule has 9 heteroatoms. The van der Waals surface area contributed by atoms with Crippen molar-refractivity contribution in [3.05, 3.63) is 0 Å². The maximum Gasteiger partial charge on any atom is 0.320 e. The Balaban J connectivity index is -0.000000240. The average Bonchev–Trinajstić information content (AvgIpc) is 2.29. The fraction of sp³-hybridized carbons (Fsp3) is 0.750. The van der Waals surface area contributed by atoms with E-state index in [0.717, 1.165) is 0 Å². The van der Waals surface area contributed by atoms with Crippen molar-refractivity contribution in [2.45, 2.75) is 52.2 Å². The van der Waals surface area contributed by atoms with Gasteiger partial charge < -0.3 is 32.5 Å². The summed E-state index contributed by atoms with van der Waals surface area (Å²) >= 11 is 0. The van der Waals surface area contributed by atoms with E-state index in [1.54, 1.807) is 0 Å². The third-order valence-electron chi connectivity index (χ3n) is 1.82. The molecule has 0 aliphatic heterocycles. The Kier molecular flexibility index (Phi) is 15.4. The lowest BCUT2D eigenvalue weighted by Crippen LogP contribution is -2.31. The van der Waals surface area contributed by atoms with Crippen molar-refractivity contribution >= 4 is 17.9 Å². The maximum atomic E-state index is 10.1. The van der Waals surface area contributed by atoms with Crippen LogP contribution in [-0.2, 0) is 14.4 Å². The van der Waals surface area contributed by atoms with Gasteiger partial charge in [-0.1, -0.05) is 13.8 Å². The van der Waals surface area contributed by atoms with Crippen molar-refractivity contribution in [2.24, 2.45) is 23.1 Å². The molecular weight excluding hydrogens is 282 g/mol. The van der Waals surface area contributed by atoms with E-state index < -0.39 is 36.0 Å². The van der Waals surface area contributed by atoms with Gasteiger partial charge in [-0.15, -0.1) is 0 Å². The van der Waals surface area contributed by atoms with Crippen LogP contribution in [0.1, 0.15) is 34.1 Å². The van der Waals surface area contributed by atoms with Gasteiger partial charge in [-0.3, -0.25) is 14.4 Å². The topological polar surface area (TPSA) is 190 Å². The Morgan fingerprint density at radius 1 is 0.762 bits per heavy atom. The molecule has 0 spiro atoms. The van der Waals surface area contributed by atoms with E-state index in [2.05, 4.69) is 0 Å². The number of carboxylic acid groups (broad SMARTS) is 3. The quantitative estimate of drug-likeness (QED) is 0.380.